The lowest BCUT2D eigenvalue weighted by Crippen LogP contribution is -2.52. The molecule has 234 valence electrons. The molecule has 0 bridgehead atoms. The summed E-state index contributed by atoms with van der Waals surface area (Å²) in [5.74, 6) is 1.30. The van der Waals surface area contributed by atoms with Crippen LogP contribution in [0.1, 0.15) is 82.8 Å². The number of benzene rings is 1. The minimum absolute atomic E-state index is 0. The molecule has 1 aliphatic heterocycles. The van der Waals surface area contributed by atoms with Gasteiger partial charge in [-0.25, -0.2) is 0 Å². The summed E-state index contributed by atoms with van der Waals surface area (Å²) in [5, 5.41) is 21.0. The zero-order valence-electron chi connectivity index (χ0n) is 25.2. The normalized spacial score (nSPS) is 17.4. The van der Waals surface area contributed by atoms with E-state index in [9.17, 15) is 19.0 Å². The molecule has 0 aliphatic carbocycles. The Morgan fingerprint density at radius 2 is 1.95 bits per heavy atom. The predicted octanol–water partition coefficient (Wildman–Crippen LogP) is 6.30. The molecule has 3 rings (SSSR count). The highest BCUT2D eigenvalue weighted by atomic mass is 35.5. The molecule has 2 aromatic rings. The van der Waals surface area contributed by atoms with Crippen LogP contribution in [0.2, 0.25) is 0 Å². The van der Waals surface area contributed by atoms with Crippen LogP contribution in [-0.2, 0) is 6.42 Å². The van der Waals surface area contributed by atoms with Crippen molar-refractivity contribution in [2.45, 2.75) is 90.8 Å². The Labute approximate surface area is 253 Å². The summed E-state index contributed by atoms with van der Waals surface area (Å²) in [5.41, 5.74) is 1.55. The van der Waals surface area contributed by atoms with Gasteiger partial charge in [0.05, 0.1) is 29.8 Å². The van der Waals surface area contributed by atoms with Gasteiger partial charge in [0.25, 0.3) is 5.91 Å². The Balaban J connectivity index is 0.00000588. The molecular formula is C30H51ClN4O5S. The predicted molar refractivity (Wildman–Crippen MR) is 173 cm³/mol. The van der Waals surface area contributed by atoms with Crippen molar-refractivity contribution in [3.05, 3.63) is 47.9 Å². The number of furan rings is 1. The summed E-state index contributed by atoms with van der Waals surface area (Å²) >= 11 is 0. The number of aliphatic hydroxyl groups is 1. The molecule has 0 spiro atoms. The first-order chi connectivity index (χ1) is 18.9. The highest BCUT2D eigenvalue weighted by Crippen LogP contribution is 2.50. The van der Waals surface area contributed by atoms with Gasteiger partial charge in [-0.1, -0.05) is 26.7 Å². The number of anilines is 2. The molecule has 41 heavy (non-hydrogen) atoms. The van der Waals surface area contributed by atoms with Gasteiger partial charge in [-0.15, -0.1) is 23.2 Å². The topological polar surface area (TPSA) is 130 Å². The SMILES string of the molecule is CCNc1cc(C(=O)N[C@@H](Cc2ccco2)[C@@H](O)CNC(C)(C)CCCC(C)C)cc(N2CCCCS2(O)O)c1.Cl. The molecule has 1 aromatic heterocycles. The van der Waals surface area contributed by atoms with Gasteiger partial charge in [0.15, 0.2) is 0 Å². The van der Waals surface area contributed by atoms with Crippen LogP contribution in [0, 0.1) is 5.92 Å². The van der Waals surface area contributed by atoms with Gasteiger partial charge in [0.2, 0.25) is 0 Å². The summed E-state index contributed by atoms with van der Waals surface area (Å²) in [4.78, 5) is 13.6. The molecule has 0 unspecified atom stereocenters. The highest BCUT2D eigenvalue weighted by molar-refractivity contribution is 8.25. The quantitative estimate of drug-likeness (QED) is 0.138. The Hall–Kier alpha value is -1.95. The van der Waals surface area contributed by atoms with Crippen LogP contribution in [0.5, 0.6) is 0 Å². The number of carbonyl (C=O) groups is 1. The number of nitrogens with zero attached hydrogens (tertiary/aromatic N) is 1. The smallest absolute Gasteiger partial charge is 0.251 e. The van der Waals surface area contributed by atoms with Crippen LogP contribution < -0.4 is 20.3 Å². The molecule has 2 heterocycles. The van der Waals surface area contributed by atoms with Crippen molar-refractivity contribution in [3.63, 3.8) is 0 Å². The molecule has 0 radical (unpaired) electrons. The number of hydrogen-bond acceptors (Lipinski definition) is 8. The van der Waals surface area contributed by atoms with Crippen LogP contribution in [0.3, 0.4) is 0 Å². The van der Waals surface area contributed by atoms with Crippen LogP contribution >= 0.6 is 23.2 Å². The first-order valence-corrected chi connectivity index (χ1v) is 16.3. The molecule has 1 saturated heterocycles. The first kappa shape index (κ1) is 35.2. The van der Waals surface area contributed by atoms with Crippen molar-refractivity contribution < 1.29 is 23.4 Å². The Bertz CT molecular complexity index is 1070. The molecule has 1 aliphatic rings. The van der Waals surface area contributed by atoms with Crippen molar-refractivity contribution in [2.24, 2.45) is 5.92 Å². The first-order valence-electron chi connectivity index (χ1n) is 14.6. The van der Waals surface area contributed by atoms with Crippen molar-refractivity contribution in [3.8, 4) is 0 Å². The number of rotatable bonds is 15. The number of amides is 1. The van der Waals surface area contributed by atoms with Crippen molar-refractivity contribution in [2.75, 3.05) is 35.0 Å². The number of nitrogens with one attached hydrogen (secondary N) is 3. The lowest BCUT2D eigenvalue weighted by atomic mass is 9.94. The molecule has 9 nitrogen and oxygen atoms in total. The molecular weight excluding hydrogens is 564 g/mol. The maximum absolute atomic E-state index is 13.6. The van der Waals surface area contributed by atoms with Gasteiger partial charge in [-0.05, 0) is 76.3 Å². The molecule has 0 saturated carbocycles. The Morgan fingerprint density at radius 3 is 2.59 bits per heavy atom. The highest BCUT2D eigenvalue weighted by Gasteiger charge is 2.29. The second-order valence-electron chi connectivity index (χ2n) is 11.9. The van der Waals surface area contributed by atoms with Gasteiger partial charge in [0.1, 0.15) is 5.76 Å². The molecule has 6 N–H and O–H groups in total. The summed E-state index contributed by atoms with van der Waals surface area (Å²) in [6.07, 6.45) is 5.92. The zero-order valence-corrected chi connectivity index (χ0v) is 26.8. The average molecular weight is 615 g/mol. The third-order valence-corrected chi connectivity index (χ3v) is 9.32. The van der Waals surface area contributed by atoms with Crippen molar-refractivity contribution in [1.29, 1.82) is 0 Å². The third kappa shape index (κ3) is 11.0. The summed E-state index contributed by atoms with van der Waals surface area (Å²) in [6, 6.07) is 8.33. The van der Waals surface area contributed by atoms with Crippen LogP contribution in [0.25, 0.3) is 0 Å². The molecule has 2 atom stereocenters. The van der Waals surface area contributed by atoms with E-state index in [0.717, 1.165) is 37.8 Å². The zero-order chi connectivity index (χ0) is 29.3. The lowest BCUT2D eigenvalue weighted by molar-refractivity contribution is 0.0804. The monoisotopic (exact) mass is 614 g/mol. The number of β-amino-alcohol motifs (C(OH)–C–C–N with tert-alkyl or cyclic N) is 1. The van der Waals surface area contributed by atoms with E-state index in [1.165, 1.54) is 0 Å². The lowest BCUT2D eigenvalue weighted by Gasteiger charge is -2.47. The molecule has 11 heteroatoms. The third-order valence-electron chi connectivity index (χ3n) is 7.39. The van der Waals surface area contributed by atoms with Crippen LogP contribution in [-0.4, -0.2) is 63.2 Å². The van der Waals surface area contributed by atoms with E-state index in [1.54, 1.807) is 28.8 Å². The van der Waals surface area contributed by atoms with Gasteiger partial charge in [-0.2, -0.15) is 0 Å². The van der Waals surface area contributed by atoms with Crippen LogP contribution in [0.4, 0.5) is 11.4 Å². The number of halogens is 1. The maximum atomic E-state index is 13.6. The van der Waals surface area contributed by atoms with E-state index in [2.05, 4.69) is 43.6 Å². The second-order valence-corrected chi connectivity index (χ2v) is 14.0. The van der Waals surface area contributed by atoms with E-state index in [-0.39, 0.29) is 23.9 Å². The van der Waals surface area contributed by atoms with E-state index in [1.807, 2.05) is 19.1 Å². The van der Waals surface area contributed by atoms with Crippen molar-refractivity contribution >= 4 is 40.5 Å². The molecule has 1 amide bonds. The minimum atomic E-state index is -2.94. The van der Waals surface area contributed by atoms with Crippen LogP contribution in [0.15, 0.2) is 41.0 Å². The van der Waals surface area contributed by atoms with Gasteiger partial charge in [-0.3, -0.25) is 18.2 Å². The van der Waals surface area contributed by atoms with E-state index in [4.69, 9.17) is 4.42 Å². The summed E-state index contributed by atoms with van der Waals surface area (Å²) in [6.45, 7) is 12.2. The standard InChI is InChI=1S/C30H50N4O5S.ClH/c1-6-31-24-17-23(18-25(19-24)34-14-7-8-16-40(34,37)38)29(36)33-27(20-26-12-10-15-39-26)28(35)21-32-30(4,5)13-9-11-22(2)3;/h10,12,15,17-19,22,27-28,31-32,35,37-38H,6-9,11,13-14,16,20-21H2,1-5H3,(H,33,36);1H/t27-,28-;/m0./s1. The molecule has 1 fully saturated rings. The van der Waals surface area contributed by atoms with Gasteiger partial charge >= 0.3 is 0 Å². The average Bonchev–Trinajstić information content (AvgIpc) is 3.39. The summed E-state index contributed by atoms with van der Waals surface area (Å²) < 4.78 is 28.6. The fraction of sp³-hybridized carbons (Fsp3) is 0.633. The van der Waals surface area contributed by atoms with E-state index >= 15 is 0 Å². The fourth-order valence-corrected chi connectivity index (χ4v) is 6.72. The van der Waals surface area contributed by atoms with Crippen molar-refractivity contribution in [1.82, 2.24) is 10.6 Å². The maximum Gasteiger partial charge on any atom is 0.251 e. The number of aliphatic hydroxyl groups excluding tert-OH is 1. The fourth-order valence-electron chi connectivity index (χ4n) is 5.04. The van der Waals surface area contributed by atoms with Gasteiger partial charge < -0.3 is 25.5 Å². The second kappa shape index (κ2) is 16.0. The molecule has 1 aromatic carbocycles. The van der Waals surface area contributed by atoms with E-state index in [0.29, 0.717) is 54.7 Å². The summed E-state index contributed by atoms with van der Waals surface area (Å²) in [7, 11) is -2.94. The Kier molecular flexibility index (Phi) is 13.8. The minimum Gasteiger partial charge on any atom is -0.469 e. The van der Waals surface area contributed by atoms with Gasteiger partial charge in [0, 0.05) is 42.8 Å². The Morgan fingerprint density at radius 1 is 1.20 bits per heavy atom. The number of carbonyl (C=O) groups excluding carboxylic acids is 1. The largest absolute Gasteiger partial charge is 0.469 e. The van der Waals surface area contributed by atoms with E-state index < -0.39 is 22.9 Å². The number of hydrogen-bond donors (Lipinski definition) is 6.